The molecule has 3 saturated carbocycles. The molecule has 272 valence electrons. The zero-order valence-electron chi connectivity index (χ0n) is 30.7. The van der Waals surface area contributed by atoms with Crippen LogP contribution in [0, 0.1) is 34.5 Å². The Balaban J connectivity index is 1.03. The maximum atomic E-state index is 12.7. The highest BCUT2D eigenvalue weighted by Crippen LogP contribution is 2.66. The lowest BCUT2D eigenvalue weighted by atomic mass is 9.47. The lowest BCUT2D eigenvalue weighted by molar-refractivity contribution is -0.151. The van der Waals surface area contributed by atoms with E-state index >= 15 is 0 Å². The maximum Gasteiger partial charge on any atom is 0.306 e. The van der Waals surface area contributed by atoms with Crippen molar-refractivity contribution in [3.05, 3.63) is 46.0 Å². The zero-order chi connectivity index (χ0) is 34.9. The second-order valence-corrected chi connectivity index (χ2v) is 17.4. The summed E-state index contributed by atoms with van der Waals surface area (Å²) in [6.45, 7) is 7.14. The second kappa shape index (κ2) is 18.0. The van der Waals surface area contributed by atoms with Crippen molar-refractivity contribution in [1.29, 1.82) is 0 Å². The van der Waals surface area contributed by atoms with Crippen LogP contribution in [0.15, 0.2) is 40.4 Å². The molecule has 0 radical (unpaired) electrons. The first-order valence-corrected chi connectivity index (χ1v) is 20.8. The third kappa shape index (κ3) is 9.69. The summed E-state index contributed by atoms with van der Waals surface area (Å²) in [5.74, 6) is 2.43. The Morgan fingerprint density at radius 2 is 1.49 bits per heavy atom. The topological polar surface area (TPSA) is 69.7 Å². The van der Waals surface area contributed by atoms with Crippen LogP contribution in [0.4, 0.5) is 0 Å². The third-order valence-corrected chi connectivity index (χ3v) is 14.0. The van der Waals surface area contributed by atoms with Crippen LogP contribution >= 0.6 is 15.9 Å². The summed E-state index contributed by atoms with van der Waals surface area (Å²) < 4.78 is 12.3. The fourth-order valence-corrected chi connectivity index (χ4v) is 10.8. The minimum atomic E-state index is -0.267. The molecule has 1 aromatic rings. The number of hydrogen-bond acceptors (Lipinski definition) is 5. The molecular formula is C43H63BrO5. The molecule has 5 nitrogen and oxygen atoms in total. The van der Waals surface area contributed by atoms with E-state index < -0.39 is 0 Å². The van der Waals surface area contributed by atoms with Crippen LogP contribution in [-0.4, -0.2) is 30.4 Å². The smallest absolute Gasteiger partial charge is 0.306 e. The highest BCUT2D eigenvalue weighted by molar-refractivity contribution is 9.10. The predicted octanol–water partition coefficient (Wildman–Crippen LogP) is 11.8. The fourth-order valence-electron chi connectivity index (χ4n) is 10.6. The van der Waals surface area contributed by atoms with Crippen molar-refractivity contribution in [3.63, 3.8) is 0 Å². The molecule has 6 heteroatoms. The van der Waals surface area contributed by atoms with E-state index in [0.717, 1.165) is 67.2 Å². The minimum absolute atomic E-state index is 0.0127. The Hall–Kier alpha value is -1.95. The first-order chi connectivity index (χ1) is 23.6. The van der Waals surface area contributed by atoms with E-state index in [2.05, 4.69) is 42.8 Å². The first kappa shape index (κ1) is 38.3. The van der Waals surface area contributed by atoms with E-state index in [1.54, 1.807) is 17.7 Å². The third-order valence-electron chi connectivity index (χ3n) is 13.5. The van der Waals surface area contributed by atoms with E-state index in [-0.39, 0.29) is 35.8 Å². The number of carbonyl (C=O) groups excluding carboxylic acids is 3. The first-order valence-electron chi connectivity index (χ1n) is 20.0. The molecule has 3 fully saturated rings. The van der Waals surface area contributed by atoms with Crippen molar-refractivity contribution in [2.75, 3.05) is 6.61 Å². The van der Waals surface area contributed by atoms with Gasteiger partial charge < -0.3 is 9.47 Å². The zero-order valence-corrected chi connectivity index (χ0v) is 32.3. The summed E-state index contributed by atoms with van der Waals surface area (Å²) in [5, 5.41) is 0. The van der Waals surface area contributed by atoms with Gasteiger partial charge in [0, 0.05) is 29.3 Å². The van der Waals surface area contributed by atoms with Gasteiger partial charge in [0.15, 0.2) is 12.4 Å². The molecule has 1 aromatic carbocycles. The molecule has 0 spiro atoms. The van der Waals surface area contributed by atoms with Crippen molar-refractivity contribution < 1.29 is 23.9 Å². The summed E-state index contributed by atoms with van der Waals surface area (Å²) >= 11 is 3.38. The largest absolute Gasteiger partial charge is 0.462 e. The van der Waals surface area contributed by atoms with Gasteiger partial charge in [0.2, 0.25) is 0 Å². The van der Waals surface area contributed by atoms with Crippen molar-refractivity contribution >= 4 is 33.7 Å². The number of esters is 2. The van der Waals surface area contributed by atoms with Gasteiger partial charge in [0.25, 0.3) is 0 Å². The molecule has 0 bridgehead atoms. The second-order valence-electron chi connectivity index (χ2n) is 16.5. The Labute approximate surface area is 305 Å². The van der Waals surface area contributed by atoms with E-state index in [1.165, 1.54) is 77.0 Å². The number of unbranched alkanes of at least 4 members (excludes halogenated alkanes) is 8. The molecule has 0 aromatic heterocycles. The molecule has 5 rings (SSSR count). The number of halogens is 1. The summed E-state index contributed by atoms with van der Waals surface area (Å²) in [5.41, 5.74) is 2.70. The average molecular weight is 740 g/mol. The van der Waals surface area contributed by atoms with Crippen LogP contribution < -0.4 is 0 Å². The number of Topliss-reactive ketones (excluding diaryl/α,β-unsaturated/α-hetero) is 1. The summed E-state index contributed by atoms with van der Waals surface area (Å²) in [7, 11) is 0. The molecule has 7 atom stereocenters. The maximum absolute atomic E-state index is 12.7. The van der Waals surface area contributed by atoms with Gasteiger partial charge in [-0.2, -0.15) is 0 Å². The fraction of sp³-hybridized carbons (Fsp3) is 0.744. The van der Waals surface area contributed by atoms with E-state index in [0.29, 0.717) is 29.7 Å². The molecule has 0 N–H and O–H groups in total. The summed E-state index contributed by atoms with van der Waals surface area (Å²) in [6.07, 6.45) is 26.1. The van der Waals surface area contributed by atoms with Crippen molar-refractivity contribution in [3.8, 4) is 0 Å². The molecule has 0 aliphatic heterocycles. The van der Waals surface area contributed by atoms with Gasteiger partial charge >= 0.3 is 11.9 Å². The lowest BCUT2D eigenvalue weighted by Gasteiger charge is -2.58. The molecule has 4 aliphatic carbocycles. The molecular weight excluding hydrogens is 676 g/mol. The predicted molar refractivity (Wildman–Crippen MR) is 200 cm³/mol. The van der Waals surface area contributed by atoms with Gasteiger partial charge in [-0.05, 0) is 111 Å². The molecule has 0 amide bonds. The average Bonchev–Trinajstić information content (AvgIpc) is 3.43. The number of rotatable bonds is 18. The van der Waals surface area contributed by atoms with E-state index in [1.807, 2.05) is 12.1 Å². The molecule has 49 heavy (non-hydrogen) atoms. The van der Waals surface area contributed by atoms with Gasteiger partial charge in [-0.3, -0.25) is 14.4 Å². The van der Waals surface area contributed by atoms with Crippen LogP contribution in [0.1, 0.15) is 166 Å². The number of ketones is 1. The highest BCUT2D eigenvalue weighted by Gasteiger charge is 2.58. The van der Waals surface area contributed by atoms with Gasteiger partial charge in [-0.15, -0.1) is 0 Å². The molecule has 0 saturated heterocycles. The van der Waals surface area contributed by atoms with Crippen molar-refractivity contribution in [1.82, 2.24) is 0 Å². The Bertz CT molecular complexity index is 1290. The van der Waals surface area contributed by atoms with Gasteiger partial charge in [-0.1, -0.05) is 112 Å². The van der Waals surface area contributed by atoms with E-state index in [9.17, 15) is 14.4 Å². The van der Waals surface area contributed by atoms with Crippen LogP contribution in [0.25, 0.3) is 0 Å². The SMILES string of the molecule is CCCCCCCCCCCC(=O)O[C@H]1CC[C@@]2(C)C(=CCC3[C@@H]4CC[C@H](CCCC(=O)OCC(=O)c5ccc(Br)cc5)[C@@]4(C)CC[C@@H]32)C1. The Kier molecular flexibility index (Phi) is 14.1. The quantitative estimate of drug-likeness (QED) is 0.0649. The number of hydrogen-bond donors (Lipinski definition) is 0. The Morgan fingerprint density at radius 1 is 0.796 bits per heavy atom. The van der Waals surface area contributed by atoms with Gasteiger partial charge in [-0.25, -0.2) is 0 Å². The summed E-state index contributed by atoms with van der Waals surface area (Å²) in [6, 6.07) is 7.14. The van der Waals surface area contributed by atoms with Gasteiger partial charge in [0.05, 0.1) is 0 Å². The summed E-state index contributed by atoms with van der Waals surface area (Å²) in [4.78, 5) is 37.6. The number of benzene rings is 1. The standard InChI is InChI=1S/C43H63BrO5/c1-4-5-6-7-8-9-10-11-12-15-41(47)49-35-25-27-43(3)33(29-35)19-23-36-37-24-20-32(42(37,2)28-26-38(36)43)14-13-16-40(46)48-30-39(45)31-17-21-34(44)22-18-31/h17-19,21-22,32,35-38H,4-16,20,23-30H2,1-3H3/t32-,35-,36?,37-,38-,42+,43-/m0/s1. The van der Waals surface area contributed by atoms with E-state index in [4.69, 9.17) is 9.47 Å². The van der Waals surface area contributed by atoms with Crippen molar-refractivity contribution in [2.24, 2.45) is 34.5 Å². The van der Waals surface area contributed by atoms with Crippen LogP contribution in [0.3, 0.4) is 0 Å². The highest BCUT2D eigenvalue weighted by atomic mass is 79.9. The van der Waals surface area contributed by atoms with Gasteiger partial charge in [0.1, 0.15) is 6.10 Å². The normalized spacial score (nSPS) is 30.4. The van der Waals surface area contributed by atoms with Crippen LogP contribution in [0.5, 0.6) is 0 Å². The Morgan fingerprint density at radius 3 is 2.22 bits per heavy atom. The number of carbonyl (C=O) groups is 3. The van der Waals surface area contributed by atoms with Crippen molar-refractivity contribution in [2.45, 2.75) is 162 Å². The van der Waals surface area contributed by atoms with Crippen LogP contribution in [0.2, 0.25) is 0 Å². The van der Waals surface area contributed by atoms with Crippen LogP contribution in [-0.2, 0) is 19.1 Å². The molecule has 4 aliphatic rings. The number of fused-ring (bicyclic) bond motifs is 5. The molecule has 1 unspecified atom stereocenters. The number of allylic oxidation sites excluding steroid dienone is 1. The molecule has 0 heterocycles. The monoisotopic (exact) mass is 738 g/mol. The minimum Gasteiger partial charge on any atom is -0.462 e. The lowest BCUT2D eigenvalue weighted by Crippen LogP contribution is -2.50. The number of ether oxygens (including phenoxy) is 2.